The molecule has 1 unspecified atom stereocenters. The van der Waals surface area contributed by atoms with Crippen LogP contribution in [-0.4, -0.2) is 27.5 Å². The van der Waals surface area contributed by atoms with Crippen LogP contribution in [0.25, 0.3) is 0 Å². The smallest absolute Gasteiger partial charge is 0.0869 e. The van der Waals surface area contributed by atoms with Crippen LogP contribution in [0.1, 0.15) is 25.1 Å². The minimum Gasteiger partial charge on any atom is -0.394 e. The molecular formula is C16H23N3O. The highest BCUT2D eigenvalue weighted by molar-refractivity contribution is 5.25. The van der Waals surface area contributed by atoms with Gasteiger partial charge in [-0.2, -0.15) is 5.10 Å². The number of hydrogen-bond donors (Lipinski definition) is 2. The van der Waals surface area contributed by atoms with Crippen LogP contribution >= 0.6 is 0 Å². The third-order valence-corrected chi connectivity index (χ3v) is 3.51. The quantitative estimate of drug-likeness (QED) is 0.847. The molecule has 0 aliphatic heterocycles. The summed E-state index contributed by atoms with van der Waals surface area (Å²) in [6.07, 6.45) is 1.79. The predicted octanol–water partition coefficient (Wildman–Crippen LogP) is 2.08. The molecule has 4 nitrogen and oxygen atoms in total. The summed E-state index contributed by atoms with van der Waals surface area (Å²) in [6.45, 7) is 6.82. The first-order valence-electron chi connectivity index (χ1n) is 7.00. The highest BCUT2D eigenvalue weighted by Gasteiger charge is 2.33. The maximum atomic E-state index is 10.1. The zero-order valence-corrected chi connectivity index (χ0v) is 12.4. The number of hydrogen-bond acceptors (Lipinski definition) is 3. The van der Waals surface area contributed by atoms with E-state index in [0.29, 0.717) is 6.54 Å². The Morgan fingerprint density at radius 2 is 1.95 bits per heavy atom. The average molecular weight is 273 g/mol. The molecular weight excluding hydrogens is 250 g/mol. The van der Waals surface area contributed by atoms with E-state index < -0.39 is 5.54 Å². The van der Waals surface area contributed by atoms with E-state index in [1.54, 1.807) is 6.20 Å². The first-order chi connectivity index (χ1) is 9.57. The van der Waals surface area contributed by atoms with Crippen molar-refractivity contribution in [3.63, 3.8) is 0 Å². The van der Waals surface area contributed by atoms with Gasteiger partial charge in [0.25, 0.3) is 0 Å². The fourth-order valence-electron chi connectivity index (χ4n) is 2.54. The van der Waals surface area contributed by atoms with Crippen molar-refractivity contribution in [2.24, 2.45) is 0 Å². The molecule has 1 aromatic heterocycles. The molecule has 108 valence electrons. The molecule has 0 aliphatic carbocycles. The largest absolute Gasteiger partial charge is 0.394 e. The second-order valence-electron chi connectivity index (χ2n) is 5.54. The normalized spacial score (nSPS) is 14.4. The minimum absolute atomic E-state index is 0.0223. The van der Waals surface area contributed by atoms with Crippen LogP contribution in [0.5, 0.6) is 0 Å². The van der Waals surface area contributed by atoms with E-state index in [9.17, 15) is 5.11 Å². The Kier molecular flexibility index (Phi) is 4.57. The van der Waals surface area contributed by atoms with Gasteiger partial charge in [0.2, 0.25) is 0 Å². The van der Waals surface area contributed by atoms with Crippen LogP contribution < -0.4 is 5.32 Å². The number of benzene rings is 1. The first kappa shape index (κ1) is 14.8. The molecule has 1 heterocycles. The fourth-order valence-corrected chi connectivity index (χ4v) is 2.54. The Morgan fingerprint density at radius 3 is 2.45 bits per heavy atom. The summed E-state index contributed by atoms with van der Waals surface area (Å²) >= 11 is 0. The summed E-state index contributed by atoms with van der Waals surface area (Å²) < 4.78 is 1.93. The number of nitrogens with zero attached hydrogens (tertiary/aromatic N) is 2. The second-order valence-corrected chi connectivity index (χ2v) is 5.54. The SMILES string of the molecule is Cc1ccnn1CC(CO)(NC(C)C)c1ccccc1. The molecule has 0 fully saturated rings. The zero-order chi connectivity index (χ0) is 14.6. The van der Waals surface area contributed by atoms with Gasteiger partial charge >= 0.3 is 0 Å². The summed E-state index contributed by atoms with van der Waals surface area (Å²) in [4.78, 5) is 0. The van der Waals surface area contributed by atoms with Gasteiger partial charge in [-0.05, 0) is 32.4 Å². The van der Waals surface area contributed by atoms with E-state index in [1.165, 1.54) is 0 Å². The molecule has 2 rings (SSSR count). The van der Waals surface area contributed by atoms with Crippen molar-refractivity contribution < 1.29 is 5.11 Å². The summed E-state index contributed by atoms with van der Waals surface area (Å²) in [5, 5.41) is 17.9. The highest BCUT2D eigenvalue weighted by atomic mass is 16.3. The van der Waals surface area contributed by atoms with Gasteiger partial charge in [-0.15, -0.1) is 0 Å². The third kappa shape index (κ3) is 3.08. The Bertz CT molecular complexity index is 536. The molecule has 2 N–H and O–H groups in total. The van der Waals surface area contributed by atoms with Crippen molar-refractivity contribution in [2.75, 3.05) is 6.61 Å². The molecule has 1 atom stereocenters. The molecule has 0 aliphatic rings. The summed E-state index contributed by atoms with van der Waals surface area (Å²) in [6, 6.07) is 12.3. The van der Waals surface area contributed by atoms with Gasteiger partial charge in [-0.3, -0.25) is 4.68 Å². The standard InChI is InChI=1S/C16H23N3O/c1-13(2)18-16(12-20,15-7-5-4-6-8-15)11-19-14(3)9-10-17-19/h4-10,13,18,20H,11-12H2,1-3H3. The van der Waals surface area contributed by atoms with E-state index >= 15 is 0 Å². The zero-order valence-electron chi connectivity index (χ0n) is 12.4. The lowest BCUT2D eigenvalue weighted by molar-refractivity contribution is 0.128. The number of rotatable bonds is 6. The predicted molar refractivity (Wildman–Crippen MR) is 80.4 cm³/mol. The van der Waals surface area contributed by atoms with Crippen LogP contribution in [0.2, 0.25) is 0 Å². The number of aromatic nitrogens is 2. The number of nitrogens with one attached hydrogen (secondary N) is 1. The summed E-state index contributed by atoms with van der Waals surface area (Å²) in [7, 11) is 0. The van der Waals surface area contributed by atoms with Gasteiger partial charge in [0.05, 0.1) is 18.7 Å². The molecule has 0 spiro atoms. The van der Waals surface area contributed by atoms with Crippen LogP contribution in [0.15, 0.2) is 42.6 Å². The Hall–Kier alpha value is -1.65. The van der Waals surface area contributed by atoms with Crippen molar-refractivity contribution >= 4 is 0 Å². The van der Waals surface area contributed by atoms with E-state index in [1.807, 2.05) is 48.0 Å². The molecule has 0 amide bonds. The topological polar surface area (TPSA) is 50.1 Å². The number of aliphatic hydroxyl groups excluding tert-OH is 1. The van der Waals surface area contributed by atoms with E-state index in [4.69, 9.17) is 0 Å². The van der Waals surface area contributed by atoms with Crippen LogP contribution in [-0.2, 0) is 12.1 Å². The highest BCUT2D eigenvalue weighted by Crippen LogP contribution is 2.24. The van der Waals surface area contributed by atoms with Crippen LogP contribution in [0.3, 0.4) is 0 Å². The number of aliphatic hydroxyl groups is 1. The van der Waals surface area contributed by atoms with E-state index in [0.717, 1.165) is 11.3 Å². The molecule has 0 saturated carbocycles. The summed E-state index contributed by atoms with van der Waals surface area (Å²) in [5.41, 5.74) is 1.64. The molecule has 4 heteroatoms. The van der Waals surface area contributed by atoms with E-state index in [2.05, 4.69) is 24.3 Å². The van der Waals surface area contributed by atoms with E-state index in [-0.39, 0.29) is 12.6 Å². The molecule has 0 saturated heterocycles. The maximum Gasteiger partial charge on any atom is 0.0869 e. The molecule has 0 bridgehead atoms. The van der Waals surface area contributed by atoms with Crippen molar-refractivity contribution in [3.8, 4) is 0 Å². The van der Waals surface area contributed by atoms with Crippen molar-refractivity contribution in [1.82, 2.24) is 15.1 Å². The van der Waals surface area contributed by atoms with Gasteiger partial charge < -0.3 is 10.4 Å². The van der Waals surface area contributed by atoms with Gasteiger partial charge in [0, 0.05) is 17.9 Å². The average Bonchev–Trinajstić information content (AvgIpc) is 2.84. The lowest BCUT2D eigenvalue weighted by atomic mass is 9.89. The minimum atomic E-state index is -0.522. The maximum absolute atomic E-state index is 10.1. The third-order valence-electron chi connectivity index (χ3n) is 3.51. The monoisotopic (exact) mass is 273 g/mol. The van der Waals surface area contributed by atoms with Crippen molar-refractivity contribution in [3.05, 3.63) is 53.9 Å². The van der Waals surface area contributed by atoms with Gasteiger partial charge in [-0.25, -0.2) is 0 Å². The van der Waals surface area contributed by atoms with Crippen molar-refractivity contribution in [2.45, 2.75) is 38.9 Å². The van der Waals surface area contributed by atoms with Gasteiger partial charge in [0.15, 0.2) is 0 Å². The Morgan fingerprint density at radius 1 is 1.25 bits per heavy atom. The first-order valence-corrected chi connectivity index (χ1v) is 7.00. The molecule has 1 aromatic carbocycles. The van der Waals surface area contributed by atoms with Crippen LogP contribution in [0, 0.1) is 6.92 Å². The lowest BCUT2D eigenvalue weighted by Crippen LogP contribution is -2.52. The Balaban J connectivity index is 2.40. The van der Waals surface area contributed by atoms with Crippen molar-refractivity contribution in [1.29, 1.82) is 0 Å². The molecule has 2 aromatic rings. The molecule has 0 radical (unpaired) electrons. The van der Waals surface area contributed by atoms with Crippen LogP contribution in [0.4, 0.5) is 0 Å². The second kappa shape index (κ2) is 6.20. The fraction of sp³-hybridized carbons (Fsp3) is 0.438. The number of aryl methyl sites for hydroxylation is 1. The molecule has 20 heavy (non-hydrogen) atoms. The summed E-state index contributed by atoms with van der Waals surface area (Å²) in [5.74, 6) is 0. The van der Waals surface area contributed by atoms with Gasteiger partial charge in [-0.1, -0.05) is 30.3 Å². The lowest BCUT2D eigenvalue weighted by Gasteiger charge is -2.36. The van der Waals surface area contributed by atoms with Gasteiger partial charge in [0.1, 0.15) is 0 Å². The Labute approximate surface area is 120 Å².